The van der Waals surface area contributed by atoms with Crippen molar-refractivity contribution in [2.45, 2.75) is 19.4 Å². The summed E-state index contributed by atoms with van der Waals surface area (Å²) in [4.78, 5) is 12.8. The van der Waals surface area contributed by atoms with Gasteiger partial charge in [0.05, 0.1) is 26.0 Å². The molecule has 0 amide bonds. The standard InChI is InChI=1S/C20H25FN4O2/c21-18-12-22-20(23-19(18)24-6-8-27-9-7-24)25-5-4-16(13-25)10-15-2-1-3-17(11-15)14-26/h1-3,11-12,16,26H,4-10,13-14H2. The molecule has 27 heavy (non-hydrogen) atoms. The van der Waals surface area contributed by atoms with Crippen LogP contribution in [0.25, 0.3) is 0 Å². The third-order valence-corrected chi connectivity index (χ3v) is 5.29. The minimum absolute atomic E-state index is 0.0678. The minimum Gasteiger partial charge on any atom is -0.392 e. The number of aromatic nitrogens is 2. The van der Waals surface area contributed by atoms with E-state index in [1.807, 2.05) is 17.0 Å². The molecule has 7 heteroatoms. The number of halogens is 1. The Bertz CT molecular complexity index is 782. The monoisotopic (exact) mass is 372 g/mol. The number of anilines is 2. The molecule has 6 nitrogen and oxygen atoms in total. The maximum Gasteiger partial charge on any atom is 0.227 e. The van der Waals surface area contributed by atoms with Crippen molar-refractivity contribution in [2.75, 3.05) is 49.2 Å². The SMILES string of the molecule is OCc1cccc(CC2CCN(c3ncc(F)c(N4CCOCC4)n3)C2)c1. The molecule has 3 heterocycles. The van der Waals surface area contributed by atoms with E-state index in [9.17, 15) is 9.50 Å². The van der Waals surface area contributed by atoms with Crippen LogP contribution in [0.4, 0.5) is 16.2 Å². The van der Waals surface area contributed by atoms with Crippen LogP contribution < -0.4 is 9.80 Å². The molecule has 1 N–H and O–H groups in total. The van der Waals surface area contributed by atoms with E-state index in [2.05, 4.69) is 27.0 Å². The zero-order chi connectivity index (χ0) is 18.6. The first kappa shape index (κ1) is 18.1. The molecule has 0 bridgehead atoms. The maximum atomic E-state index is 14.2. The third kappa shape index (κ3) is 4.20. The van der Waals surface area contributed by atoms with E-state index in [4.69, 9.17) is 4.74 Å². The van der Waals surface area contributed by atoms with Crippen LogP contribution >= 0.6 is 0 Å². The van der Waals surface area contributed by atoms with Crippen molar-refractivity contribution >= 4 is 11.8 Å². The van der Waals surface area contributed by atoms with E-state index in [1.165, 1.54) is 11.8 Å². The predicted molar refractivity (Wildman–Crippen MR) is 101 cm³/mol. The van der Waals surface area contributed by atoms with E-state index in [0.29, 0.717) is 44.0 Å². The summed E-state index contributed by atoms with van der Waals surface area (Å²) < 4.78 is 19.6. The van der Waals surface area contributed by atoms with Gasteiger partial charge in [-0.3, -0.25) is 0 Å². The largest absolute Gasteiger partial charge is 0.392 e. The second-order valence-electron chi connectivity index (χ2n) is 7.22. The van der Waals surface area contributed by atoms with Crippen LogP contribution in [-0.4, -0.2) is 54.5 Å². The Hall–Kier alpha value is -2.25. The van der Waals surface area contributed by atoms with E-state index < -0.39 is 0 Å². The molecular weight excluding hydrogens is 347 g/mol. The highest BCUT2D eigenvalue weighted by atomic mass is 19.1. The minimum atomic E-state index is -0.378. The summed E-state index contributed by atoms with van der Waals surface area (Å²) in [6.45, 7) is 4.29. The molecule has 1 atom stereocenters. The van der Waals surface area contributed by atoms with Gasteiger partial charge >= 0.3 is 0 Å². The molecule has 2 aliphatic rings. The van der Waals surface area contributed by atoms with Gasteiger partial charge in [-0.25, -0.2) is 9.37 Å². The Labute approximate surface area is 158 Å². The second-order valence-corrected chi connectivity index (χ2v) is 7.22. The summed E-state index contributed by atoms with van der Waals surface area (Å²) >= 11 is 0. The number of nitrogens with zero attached hydrogens (tertiary/aromatic N) is 4. The molecule has 0 aliphatic carbocycles. The van der Waals surface area contributed by atoms with Gasteiger partial charge in [-0.2, -0.15) is 4.98 Å². The highest BCUT2D eigenvalue weighted by Gasteiger charge is 2.26. The average Bonchev–Trinajstić information content (AvgIpc) is 3.17. The Morgan fingerprint density at radius 3 is 2.78 bits per heavy atom. The van der Waals surface area contributed by atoms with Crippen molar-refractivity contribution in [3.05, 3.63) is 47.4 Å². The van der Waals surface area contributed by atoms with Gasteiger partial charge in [0, 0.05) is 26.2 Å². The Morgan fingerprint density at radius 2 is 1.96 bits per heavy atom. The van der Waals surface area contributed by atoms with Crippen molar-refractivity contribution in [3.8, 4) is 0 Å². The molecule has 1 unspecified atom stereocenters. The van der Waals surface area contributed by atoms with Gasteiger partial charge in [-0.15, -0.1) is 0 Å². The Kier molecular flexibility index (Phi) is 5.50. The van der Waals surface area contributed by atoms with E-state index in [0.717, 1.165) is 31.5 Å². The van der Waals surface area contributed by atoms with Gasteiger partial charge in [-0.05, 0) is 29.9 Å². The van der Waals surface area contributed by atoms with E-state index in [-0.39, 0.29) is 12.4 Å². The topological polar surface area (TPSA) is 61.7 Å². The lowest BCUT2D eigenvalue weighted by molar-refractivity contribution is 0.122. The lowest BCUT2D eigenvalue weighted by atomic mass is 9.97. The molecule has 2 aromatic rings. The third-order valence-electron chi connectivity index (χ3n) is 5.29. The maximum absolute atomic E-state index is 14.2. The molecule has 2 saturated heterocycles. The number of ether oxygens (including phenoxy) is 1. The normalized spacial score (nSPS) is 20.3. The van der Waals surface area contributed by atoms with Crippen molar-refractivity contribution < 1.29 is 14.2 Å². The molecule has 1 aromatic heterocycles. The molecule has 2 aliphatic heterocycles. The van der Waals surface area contributed by atoms with Crippen molar-refractivity contribution in [3.63, 3.8) is 0 Å². The highest BCUT2D eigenvalue weighted by Crippen LogP contribution is 2.26. The zero-order valence-electron chi connectivity index (χ0n) is 15.4. The van der Waals surface area contributed by atoms with Gasteiger partial charge in [0.2, 0.25) is 5.95 Å². The van der Waals surface area contributed by atoms with Crippen LogP contribution in [0.15, 0.2) is 30.5 Å². The first-order valence-corrected chi connectivity index (χ1v) is 9.52. The Balaban J connectivity index is 1.43. The lowest BCUT2D eigenvalue weighted by Gasteiger charge is -2.28. The highest BCUT2D eigenvalue weighted by molar-refractivity contribution is 5.46. The van der Waals surface area contributed by atoms with Crippen LogP contribution in [-0.2, 0) is 17.8 Å². The van der Waals surface area contributed by atoms with Crippen LogP contribution in [0, 0.1) is 11.7 Å². The van der Waals surface area contributed by atoms with Crippen molar-refractivity contribution in [2.24, 2.45) is 5.92 Å². The van der Waals surface area contributed by atoms with Crippen LogP contribution in [0.2, 0.25) is 0 Å². The summed E-state index contributed by atoms with van der Waals surface area (Å²) in [5, 5.41) is 9.30. The van der Waals surface area contributed by atoms with Gasteiger partial charge in [0.1, 0.15) is 0 Å². The quantitative estimate of drug-likeness (QED) is 0.866. The van der Waals surface area contributed by atoms with Crippen LogP contribution in [0.1, 0.15) is 17.5 Å². The Morgan fingerprint density at radius 1 is 1.15 bits per heavy atom. The van der Waals surface area contributed by atoms with Crippen molar-refractivity contribution in [1.29, 1.82) is 0 Å². The second kappa shape index (κ2) is 8.19. The molecule has 1 aromatic carbocycles. The zero-order valence-corrected chi connectivity index (χ0v) is 15.4. The van der Waals surface area contributed by atoms with Gasteiger partial charge in [-0.1, -0.05) is 24.3 Å². The van der Waals surface area contributed by atoms with Gasteiger partial charge < -0.3 is 19.6 Å². The summed E-state index contributed by atoms with van der Waals surface area (Å²) in [7, 11) is 0. The van der Waals surface area contributed by atoms with Crippen LogP contribution in [0.3, 0.4) is 0 Å². The first-order chi connectivity index (χ1) is 13.2. The molecular formula is C20H25FN4O2. The number of rotatable bonds is 5. The number of aliphatic hydroxyl groups is 1. The molecule has 4 rings (SSSR count). The first-order valence-electron chi connectivity index (χ1n) is 9.52. The molecule has 2 fully saturated rings. The summed E-state index contributed by atoms with van der Waals surface area (Å²) in [6.07, 6.45) is 3.30. The summed E-state index contributed by atoms with van der Waals surface area (Å²) in [6, 6.07) is 8.09. The number of aliphatic hydroxyl groups excluding tert-OH is 1. The molecule has 144 valence electrons. The van der Waals surface area contributed by atoms with E-state index >= 15 is 0 Å². The average molecular weight is 372 g/mol. The summed E-state index contributed by atoms with van der Waals surface area (Å²) in [5.74, 6) is 1.10. The van der Waals surface area contributed by atoms with Crippen LogP contribution in [0.5, 0.6) is 0 Å². The lowest BCUT2D eigenvalue weighted by Crippen LogP contribution is -2.37. The van der Waals surface area contributed by atoms with Gasteiger partial charge in [0.15, 0.2) is 11.6 Å². The fourth-order valence-corrected chi connectivity index (χ4v) is 3.87. The predicted octanol–water partition coefficient (Wildman–Crippen LogP) is 2.01. The fourth-order valence-electron chi connectivity index (χ4n) is 3.87. The fraction of sp³-hybridized carbons (Fsp3) is 0.500. The molecule has 0 saturated carbocycles. The summed E-state index contributed by atoms with van der Waals surface area (Å²) in [5.41, 5.74) is 2.18. The number of benzene rings is 1. The molecule has 0 radical (unpaired) electrons. The number of morpholine rings is 1. The number of hydrogen-bond acceptors (Lipinski definition) is 6. The smallest absolute Gasteiger partial charge is 0.227 e. The number of hydrogen-bond donors (Lipinski definition) is 1. The van der Waals surface area contributed by atoms with E-state index in [1.54, 1.807) is 0 Å². The van der Waals surface area contributed by atoms with Gasteiger partial charge in [0.25, 0.3) is 0 Å². The van der Waals surface area contributed by atoms with Crippen molar-refractivity contribution in [1.82, 2.24) is 9.97 Å². The molecule has 0 spiro atoms.